The van der Waals surface area contributed by atoms with Gasteiger partial charge in [-0.25, -0.2) is 4.79 Å². The lowest BCUT2D eigenvalue weighted by atomic mass is 9.64. The van der Waals surface area contributed by atoms with Gasteiger partial charge in [-0.2, -0.15) is 5.26 Å². The Morgan fingerprint density at radius 1 is 1.39 bits per heavy atom. The van der Waals surface area contributed by atoms with Crippen LogP contribution in [-0.2, 0) is 4.74 Å². The quantitative estimate of drug-likeness (QED) is 0.718. The van der Waals surface area contributed by atoms with Crippen molar-refractivity contribution in [2.24, 2.45) is 5.41 Å². The van der Waals surface area contributed by atoms with Crippen LogP contribution < -0.4 is 0 Å². The summed E-state index contributed by atoms with van der Waals surface area (Å²) in [7, 11) is 0. The molecule has 1 aliphatic carbocycles. The molecule has 4 nitrogen and oxygen atoms in total. The highest BCUT2D eigenvalue weighted by Gasteiger charge is 2.50. The van der Waals surface area contributed by atoms with Crippen molar-refractivity contribution >= 4 is 6.09 Å². The van der Waals surface area contributed by atoms with E-state index < -0.39 is 5.60 Å². The van der Waals surface area contributed by atoms with E-state index in [2.05, 4.69) is 6.07 Å². The van der Waals surface area contributed by atoms with Crippen molar-refractivity contribution in [3.63, 3.8) is 0 Å². The van der Waals surface area contributed by atoms with E-state index in [0.29, 0.717) is 0 Å². The van der Waals surface area contributed by atoms with Gasteiger partial charge in [0.1, 0.15) is 5.60 Å². The summed E-state index contributed by atoms with van der Waals surface area (Å²) in [6.45, 7) is 6.35. The van der Waals surface area contributed by atoms with Crippen LogP contribution in [0.5, 0.6) is 0 Å². The lowest BCUT2D eigenvalue weighted by Gasteiger charge is -2.44. The van der Waals surface area contributed by atoms with Crippen molar-refractivity contribution in [2.75, 3.05) is 6.54 Å². The molecule has 1 atom stereocenters. The van der Waals surface area contributed by atoms with Crippen LogP contribution in [0.25, 0.3) is 0 Å². The first-order chi connectivity index (χ1) is 8.38. The zero-order valence-corrected chi connectivity index (χ0v) is 11.5. The third-order valence-corrected chi connectivity index (χ3v) is 3.99. The number of nitriles is 1. The Morgan fingerprint density at radius 3 is 2.50 bits per heavy atom. The Bertz CT molecular complexity index is 374. The Labute approximate surface area is 109 Å². The molecule has 1 unspecified atom stereocenters. The van der Waals surface area contributed by atoms with Gasteiger partial charge in [-0.05, 0) is 46.5 Å². The van der Waals surface area contributed by atoms with Gasteiger partial charge >= 0.3 is 6.09 Å². The molecule has 0 bridgehead atoms. The standard InChI is InChI=1S/C14H22N2O2/c1-13(2,3)18-12(17)16-9-4-6-11(16)14(10-15)7-5-8-14/h11H,4-9H2,1-3H3. The van der Waals surface area contributed by atoms with Crippen LogP contribution in [-0.4, -0.2) is 29.2 Å². The molecule has 0 N–H and O–H groups in total. The molecule has 1 heterocycles. The molecule has 1 saturated carbocycles. The highest BCUT2D eigenvalue weighted by Crippen LogP contribution is 2.48. The number of nitrogens with zero attached hydrogens (tertiary/aromatic N) is 2. The molecular weight excluding hydrogens is 228 g/mol. The minimum atomic E-state index is -0.469. The van der Waals surface area contributed by atoms with Crippen LogP contribution in [0, 0.1) is 16.7 Å². The van der Waals surface area contributed by atoms with E-state index in [1.165, 1.54) is 0 Å². The van der Waals surface area contributed by atoms with Gasteiger partial charge in [0.2, 0.25) is 0 Å². The van der Waals surface area contributed by atoms with Crippen LogP contribution in [0.15, 0.2) is 0 Å². The highest BCUT2D eigenvalue weighted by molar-refractivity contribution is 5.69. The molecule has 0 aromatic heterocycles. The maximum Gasteiger partial charge on any atom is 0.410 e. The summed E-state index contributed by atoms with van der Waals surface area (Å²) in [5.41, 5.74) is -0.767. The lowest BCUT2D eigenvalue weighted by molar-refractivity contribution is 0.00233. The van der Waals surface area contributed by atoms with Crippen LogP contribution in [0.1, 0.15) is 52.9 Å². The molecule has 100 valence electrons. The summed E-state index contributed by atoms with van der Waals surface area (Å²) in [5.74, 6) is 0. The van der Waals surface area contributed by atoms with E-state index in [4.69, 9.17) is 4.74 Å². The first-order valence-electron chi connectivity index (χ1n) is 6.79. The lowest BCUT2D eigenvalue weighted by Crippen LogP contribution is -2.50. The molecule has 0 spiro atoms. The number of carbonyl (C=O) groups excluding carboxylic acids is 1. The van der Waals surface area contributed by atoms with E-state index in [1.54, 1.807) is 4.90 Å². The third-order valence-electron chi connectivity index (χ3n) is 3.99. The molecule has 4 heteroatoms. The predicted molar refractivity (Wildman–Crippen MR) is 67.9 cm³/mol. The average Bonchev–Trinajstić information content (AvgIpc) is 2.63. The molecule has 1 saturated heterocycles. The molecule has 2 aliphatic rings. The van der Waals surface area contributed by atoms with Crippen LogP contribution >= 0.6 is 0 Å². The minimum absolute atomic E-state index is 0.0612. The Hall–Kier alpha value is -1.24. The molecule has 0 aromatic rings. The number of likely N-dealkylation sites (tertiary alicyclic amines) is 1. The van der Waals surface area contributed by atoms with Crippen molar-refractivity contribution in [3.8, 4) is 6.07 Å². The second-order valence-corrected chi connectivity index (χ2v) is 6.45. The summed E-state index contributed by atoms with van der Waals surface area (Å²) in [6.07, 6.45) is 4.61. The number of rotatable bonds is 1. The van der Waals surface area contributed by atoms with Crippen molar-refractivity contribution in [2.45, 2.75) is 64.5 Å². The largest absolute Gasteiger partial charge is 0.444 e. The fraction of sp³-hybridized carbons (Fsp3) is 0.857. The number of amides is 1. The number of ether oxygens (including phenoxy) is 1. The van der Waals surface area contributed by atoms with Crippen LogP contribution in [0.4, 0.5) is 4.79 Å². The van der Waals surface area contributed by atoms with Gasteiger partial charge in [-0.15, -0.1) is 0 Å². The van der Waals surface area contributed by atoms with Gasteiger partial charge in [0.15, 0.2) is 0 Å². The summed E-state index contributed by atoms with van der Waals surface area (Å²) in [6, 6.07) is 2.52. The average molecular weight is 250 g/mol. The van der Waals surface area contributed by atoms with E-state index in [0.717, 1.165) is 38.6 Å². The zero-order valence-electron chi connectivity index (χ0n) is 11.5. The minimum Gasteiger partial charge on any atom is -0.444 e. The number of carbonyl (C=O) groups is 1. The molecule has 0 radical (unpaired) electrons. The summed E-state index contributed by atoms with van der Waals surface area (Å²) >= 11 is 0. The maximum atomic E-state index is 12.2. The van der Waals surface area contributed by atoms with Gasteiger partial charge in [0.05, 0.1) is 17.5 Å². The predicted octanol–water partition coefficient (Wildman–Crippen LogP) is 3.08. The molecule has 2 fully saturated rings. The topological polar surface area (TPSA) is 53.3 Å². The maximum absolute atomic E-state index is 12.2. The summed E-state index contributed by atoms with van der Waals surface area (Å²) in [4.78, 5) is 14.0. The van der Waals surface area contributed by atoms with Crippen molar-refractivity contribution in [3.05, 3.63) is 0 Å². The summed E-state index contributed by atoms with van der Waals surface area (Å²) in [5, 5.41) is 9.40. The fourth-order valence-corrected chi connectivity index (χ4v) is 2.96. The smallest absolute Gasteiger partial charge is 0.410 e. The third kappa shape index (κ3) is 2.31. The second kappa shape index (κ2) is 4.46. The van der Waals surface area contributed by atoms with Crippen molar-refractivity contribution < 1.29 is 9.53 Å². The van der Waals surface area contributed by atoms with Crippen molar-refractivity contribution in [1.29, 1.82) is 5.26 Å². The van der Waals surface area contributed by atoms with E-state index >= 15 is 0 Å². The first-order valence-corrected chi connectivity index (χ1v) is 6.79. The molecule has 18 heavy (non-hydrogen) atoms. The normalized spacial score (nSPS) is 26.3. The number of hydrogen-bond acceptors (Lipinski definition) is 3. The van der Waals surface area contributed by atoms with Gasteiger partial charge in [0, 0.05) is 6.54 Å². The molecule has 0 aromatic carbocycles. The SMILES string of the molecule is CC(C)(C)OC(=O)N1CCCC1C1(C#N)CCC1. The molecule has 1 aliphatic heterocycles. The van der Waals surface area contributed by atoms with Gasteiger partial charge < -0.3 is 9.64 Å². The van der Waals surface area contributed by atoms with E-state index in [-0.39, 0.29) is 17.6 Å². The Morgan fingerprint density at radius 2 is 2.06 bits per heavy atom. The summed E-state index contributed by atoms with van der Waals surface area (Å²) < 4.78 is 5.44. The highest BCUT2D eigenvalue weighted by atomic mass is 16.6. The van der Waals surface area contributed by atoms with Crippen LogP contribution in [0.3, 0.4) is 0 Å². The van der Waals surface area contributed by atoms with Gasteiger partial charge in [-0.1, -0.05) is 6.42 Å². The van der Waals surface area contributed by atoms with Crippen LogP contribution in [0.2, 0.25) is 0 Å². The Kier molecular flexibility index (Phi) is 3.27. The second-order valence-electron chi connectivity index (χ2n) is 6.45. The monoisotopic (exact) mass is 250 g/mol. The Balaban J connectivity index is 2.08. The molecule has 2 rings (SSSR count). The van der Waals surface area contributed by atoms with E-state index in [9.17, 15) is 10.1 Å². The number of hydrogen-bond donors (Lipinski definition) is 0. The molecular formula is C14H22N2O2. The van der Waals surface area contributed by atoms with Gasteiger partial charge in [0.25, 0.3) is 0 Å². The fourth-order valence-electron chi connectivity index (χ4n) is 2.96. The first kappa shape index (κ1) is 13.2. The zero-order chi connectivity index (χ0) is 13.4. The molecule has 1 amide bonds. The van der Waals surface area contributed by atoms with Crippen molar-refractivity contribution in [1.82, 2.24) is 4.90 Å². The van der Waals surface area contributed by atoms with Gasteiger partial charge in [-0.3, -0.25) is 0 Å². The van der Waals surface area contributed by atoms with E-state index in [1.807, 2.05) is 20.8 Å².